The first kappa shape index (κ1) is 14.1. The average molecular weight is 291 g/mol. The second-order valence-electron chi connectivity index (χ2n) is 6.23. The maximum Gasteiger partial charge on any atom is 0.228 e. The van der Waals surface area contributed by atoms with Crippen molar-refractivity contribution in [2.24, 2.45) is 17.8 Å². The molecule has 6 heteroatoms. The second kappa shape index (κ2) is 5.50. The second-order valence-corrected chi connectivity index (χ2v) is 6.23. The summed E-state index contributed by atoms with van der Waals surface area (Å²) in [5, 5.41) is 6.53. The predicted molar refractivity (Wildman–Crippen MR) is 76.4 cm³/mol. The lowest BCUT2D eigenvalue weighted by Crippen LogP contribution is -2.42. The topological polar surface area (TPSA) is 75.4 Å². The van der Waals surface area contributed by atoms with Crippen LogP contribution in [0.25, 0.3) is 0 Å². The smallest absolute Gasteiger partial charge is 0.228 e. The first-order valence-corrected chi connectivity index (χ1v) is 7.57. The van der Waals surface area contributed by atoms with Crippen molar-refractivity contribution in [1.29, 1.82) is 0 Å². The molecule has 2 amide bonds. The van der Waals surface area contributed by atoms with Crippen LogP contribution >= 0.6 is 0 Å². The summed E-state index contributed by atoms with van der Waals surface area (Å²) < 4.78 is 4.93. The van der Waals surface area contributed by atoms with E-state index in [4.69, 9.17) is 4.52 Å². The van der Waals surface area contributed by atoms with Gasteiger partial charge in [0.2, 0.25) is 11.8 Å². The molecule has 2 atom stereocenters. The molecule has 2 fully saturated rings. The van der Waals surface area contributed by atoms with Crippen molar-refractivity contribution in [3.05, 3.63) is 11.8 Å². The number of likely N-dealkylation sites (tertiary alicyclic amines) is 1. The van der Waals surface area contributed by atoms with Gasteiger partial charge >= 0.3 is 0 Å². The number of carbonyl (C=O) groups excluding carboxylic acids is 2. The molecule has 0 spiro atoms. The number of aromatic nitrogens is 1. The molecule has 2 unspecified atom stereocenters. The third-order valence-electron chi connectivity index (χ3n) is 4.48. The standard InChI is InChI=1S/C15H21N3O3/c1-9-7-12(9)15(20)18-5-3-11(4-6-18)14(19)16-13-8-10(2)21-17-13/h8-9,11-12H,3-7H2,1-2H3,(H,16,17,19). The van der Waals surface area contributed by atoms with Crippen LogP contribution in [0, 0.1) is 24.7 Å². The summed E-state index contributed by atoms with van der Waals surface area (Å²) in [6.07, 6.45) is 2.45. The van der Waals surface area contributed by atoms with E-state index in [-0.39, 0.29) is 23.7 Å². The molecule has 2 aliphatic rings. The summed E-state index contributed by atoms with van der Waals surface area (Å²) in [6.45, 7) is 5.25. The van der Waals surface area contributed by atoms with Gasteiger partial charge in [0.15, 0.2) is 5.82 Å². The van der Waals surface area contributed by atoms with Crippen LogP contribution in [0.15, 0.2) is 10.6 Å². The van der Waals surface area contributed by atoms with Crippen LogP contribution < -0.4 is 5.32 Å². The van der Waals surface area contributed by atoms with E-state index in [0.29, 0.717) is 30.6 Å². The molecule has 1 aromatic rings. The van der Waals surface area contributed by atoms with Crippen LogP contribution in [0.3, 0.4) is 0 Å². The molecule has 1 saturated carbocycles. The fourth-order valence-electron chi connectivity index (χ4n) is 2.92. The normalized spacial score (nSPS) is 25.7. The Labute approximate surface area is 123 Å². The number of carbonyl (C=O) groups is 2. The zero-order chi connectivity index (χ0) is 15.0. The quantitative estimate of drug-likeness (QED) is 0.921. The Morgan fingerprint density at radius 2 is 2.05 bits per heavy atom. The van der Waals surface area contributed by atoms with E-state index in [0.717, 1.165) is 19.3 Å². The van der Waals surface area contributed by atoms with Crippen molar-refractivity contribution in [2.45, 2.75) is 33.1 Å². The number of piperidine rings is 1. The largest absolute Gasteiger partial charge is 0.360 e. The first-order valence-electron chi connectivity index (χ1n) is 7.57. The Bertz CT molecular complexity index is 546. The molecule has 3 rings (SSSR count). The number of rotatable bonds is 3. The van der Waals surface area contributed by atoms with Gasteiger partial charge in [-0.3, -0.25) is 9.59 Å². The van der Waals surface area contributed by atoms with Gasteiger partial charge < -0.3 is 14.7 Å². The van der Waals surface area contributed by atoms with Gasteiger partial charge in [-0.05, 0) is 32.1 Å². The zero-order valence-corrected chi connectivity index (χ0v) is 12.5. The van der Waals surface area contributed by atoms with Gasteiger partial charge in [0.1, 0.15) is 5.76 Å². The Balaban J connectivity index is 1.48. The van der Waals surface area contributed by atoms with Crippen molar-refractivity contribution in [3.63, 3.8) is 0 Å². The van der Waals surface area contributed by atoms with E-state index in [1.165, 1.54) is 0 Å². The van der Waals surface area contributed by atoms with Crippen LogP contribution in [-0.4, -0.2) is 35.0 Å². The summed E-state index contributed by atoms with van der Waals surface area (Å²) in [7, 11) is 0. The van der Waals surface area contributed by atoms with Gasteiger partial charge in [0.05, 0.1) is 0 Å². The molecule has 1 aromatic heterocycles. The number of aryl methyl sites for hydroxylation is 1. The van der Waals surface area contributed by atoms with Crippen LogP contribution in [-0.2, 0) is 9.59 Å². The zero-order valence-electron chi connectivity index (χ0n) is 12.5. The minimum Gasteiger partial charge on any atom is -0.360 e. The Morgan fingerprint density at radius 3 is 2.57 bits per heavy atom. The molecule has 1 saturated heterocycles. The number of nitrogens with one attached hydrogen (secondary N) is 1. The van der Waals surface area contributed by atoms with E-state index in [1.54, 1.807) is 13.0 Å². The van der Waals surface area contributed by atoms with E-state index < -0.39 is 0 Å². The Kier molecular flexibility index (Phi) is 3.69. The molecule has 1 aliphatic carbocycles. The molecule has 0 aromatic carbocycles. The van der Waals surface area contributed by atoms with Crippen molar-refractivity contribution < 1.29 is 14.1 Å². The lowest BCUT2D eigenvalue weighted by atomic mass is 9.95. The molecular weight excluding hydrogens is 270 g/mol. The lowest BCUT2D eigenvalue weighted by molar-refractivity contribution is -0.136. The van der Waals surface area contributed by atoms with Crippen LogP contribution in [0.4, 0.5) is 5.82 Å². The highest BCUT2D eigenvalue weighted by Gasteiger charge is 2.42. The number of amides is 2. The summed E-state index contributed by atoms with van der Waals surface area (Å²) in [6, 6.07) is 1.70. The predicted octanol–water partition coefficient (Wildman–Crippen LogP) is 1.82. The Hall–Kier alpha value is -1.85. The molecule has 6 nitrogen and oxygen atoms in total. The van der Waals surface area contributed by atoms with E-state index >= 15 is 0 Å². The lowest BCUT2D eigenvalue weighted by Gasteiger charge is -2.31. The number of anilines is 1. The summed E-state index contributed by atoms with van der Waals surface area (Å²) >= 11 is 0. The highest BCUT2D eigenvalue weighted by atomic mass is 16.5. The maximum absolute atomic E-state index is 12.2. The van der Waals surface area contributed by atoms with Gasteiger partial charge in [-0.15, -0.1) is 0 Å². The van der Waals surface area contributed by atoms with Crippen molar-refractivity contribution in [1.82, 2.24) is 10.1 Å². The SMILES string of the molecule is Cc1cc(NC(=O)C2CCN(C(=O)C3CC3C)CC2)no1. The fourth-order valence-corrected chi connectivity index (χ4v) is 2.92. The van der Waals surface area contributed by atoms with E-state index in [1.807, 2.05) is 4.90 Å². The summed E-state index contributed by atoms with van der Waals surface area (Å²) in [5.74, 6) is 2.08. The molecule has 2 heterocycles. The minimum atomic E-state index is -0.0531. The first-order chi connectivity index (χ1) is 10.0. The summed E-state index contributed by atoms with van der Waals surface area (Å²) in [5.41, 5.74) is 0. The van der Waals surface area contributed by atoms with Crippen LogP contribution in [0.2, 0.25) is 0 Å². The molecular formula is C15H21N3O3. The third-order valence-corrected chi connectivity index (χ3v) is 4.48. The fraction of sp³-hybridized carbons (Fsp3) is 0.667. The number of hydrogen-bond donors (Lipinski definition) is 1. The van der Waals surface area contributed by atoms with Gasteiger partial charge in [-0.1, -0.05) is 12.1 Å². The van der Waals surface area contributed by atoms with Crippen molar-refractivity contribution >= 4 is 17.6 Å². The molecule has 0 bridgehead atoms. The van der Waals surface area contributed by atoms with Gasteiger partial charge in [-0.25, -0.2) is 0 Å². The minimum absolute atomic E-state index is 0.0322. The number of hydrogen-bond acceptors (Lipinski definition) is 4. The monoisotopic (exact) mass is 291 g/mol. The third kappa shape index (κ3) is 3.09. The van der Waals surface area contributed by atoms with E-state index in [2.05, 4.69) is 17.4 Å². The van der Waals surface area contributed by atoms with Crippen molar-refractivity contribution in [2.75, 3.05) is 18.4 Å². The summed E-state index contributed by atoms with van der Waals surface area (Å²) in [4.78, 5) is 26.2. The van der Waals surface area contributed by atoms with Crippen LogP contribution in [0.1, 0.15) is 31.9 Å². The van der Waals surface area contributed by atoms with Gasteiger partial charge in [-0.2, -0.15) is 0 Å². The van der Waals surface area contributed by atoms with Gasteiger partial charge in [0, 0.05) is 31.0 Å². The average Bonchev–Trinajstić information content (AvgIpc) is 3.07. The molecule has 114 valence electrons. The molecule has 0 radical (unpaired) electrons. The molecule has 1 aliphatic heterocycles. The van der Waals surface area contributed by atoms with E-state index in [9.17, 15) is 9.59 Å². The molecule has 21 heavy (non-hydrogen) atoms. The van der Waals surface area contributed by atoms with Gasteiger partial charge in [0.25, 0.3) is 0 Å². The highest BCUT2D eigenvalue weighted by Crippen LogP contribution is 2.39. The van der Waals surface area contributed by atoms with Crippen LogP contribution in [0.5, 0.6) is 0 Å². The molecule has 1 N–H and O–H groups in total. The maximum atomic E-state index is 12.2. The van der Waals surface area contributed by atoms with Crippen molar-refractivity contribution in [3.8, 4) is 0 Å². The Morgan fingerprint density at radius 1 is 1.38 bits per heavy atom. The highest BCUT2D eigenvalue weighted by molar-refractivity contribution is 5.92. The number of nitrogens with zero attached hydrogens (tertiary/aromatic N) is 2.